The average Bonchev–Trinajstić information content (AvgIpc) is 1.77. The van der Waals surface area contributed by atoms with Gasteiger partial charge in [-0.05, 0) is 12.8 Å². The number of hydrogen-bond donors (Lipinski definition) is 1. The Labute approximate surface area is 83.0 Å². The highest BCUT2D eigenvalue weighted by Gasteiger charge is 2.35. The second kappa shape index (κ2) is 4.54. The first-order valence-electron chi connectivity index (χ1n) is 4.12. The summed E-state index contributed by atoms with van der Waals surface area (Å²) in [4.78, 5) is 21.3. The predicted octanol–water partition coefficient (Wildman–Crippen LogP) is 0.0994. The van der Waals surface area contributed by atoms with E-state index in [2.05, 4.69) is 0 Å². The van der Waals surface area contributed by atoms with Crippen LogP contribution >= 0.6 is 0 Å². The number of carboxylic acid groups (broad SMARTS) is 1. The zero-order chi connectivity index (χ0) is 11.5. The van der Waals surface area contributed by atoms with Crippen LogP contribution in [0.25, 0.3) is 0 Å². The molecule has 0 spiro atoms. The van der Waals surface area contributed by atoms with Gasteiger partial charge in [-0.25, -0.2) is 8.42 Å². The minimum absolute atomic E-state index is 0.545. The van der Waals surface area contributed by atoms with E-state index in [9.17, 15) is 18.0 Å². The number of aliphatic carboxylic acids is 1. The molecule has 0 aliphatic carbocycles. The van der Waals surface area contributed by atoms with Crippen molar-refractivity contribution in [1.29, 1.82) is 0 Å². The summed E-state index contributed by atoms with van der Waals surface area (Å²) in [6, 6.07) is 0. The summed E-state index contributed by atoms with van der Waals surface area (Å²) in [7, 11) is -3.87. The van der Waals surface area contributed by atoms with E-state index in [0.29, 0.717) is 0 Å². The quantitative estimate of drug-likeness (QED) is 0.712. The van der Waals surface area contributed by atoms with Crippen molar-refractivity contribution in [3.05, 3.63) is 0 Å². The topological polar surface area (TPSA) is 88.5 Å². The average molecular weight is 222 g/mol. The lowest BCUT2D eigenvalue weighted by atomic mass is 10.1. The van der Waals surface area contributed by atoms with E-state index >= 15 is 0 Å². The summed E-state index contributed by atoms with van der Waals surface area (Å²) in [6.07, 6.45) is 0. The Balaban J connectivity index is 5.02. The van der Waals surface area contributed by atoms with E-state index in [1.165, 1.54) is 13.8 Å². The molecule has 0 rings (SSSR count). The monoisotopic (exact) mass is 222 g/mol. The van der Waals surface area contributed by atoms with Crippen LogP contribution < -0.4 is 0 Å². The Kier molecular flexibility index (Phi) is 4.25. The van der Waals surface area contributed by atoms with Crippen LogP contribution in [0.3, 0.4) is 0 Å². The van der Waals surface area contributed by atoms with Gasteiger partial charge in [0.1, 0.15) is 11.5 Å². The molecule has 5 nitrogen and oxygen atoms in total. The highest BCUT2D eigenvalue weighted by Crippen LogP contribution is 2.13. The van der Waals surface area contributed by atoms with Crippen molar-refractivity contribution in [1.82, 2.24) is 0 Å². The molecule has 0 aliphatic heterocycles. The number of carbonyl (C=O) groups is 2. The van der Waals surface area contributed by atoms with Crippen LogP contribution in [0.1, 0.15) is 20.8 Å². The Bertz CT molecular complexity index is 328. The normalized spacial score (nSPS) is 14.0. The number of ketones is 1. The van der Waals surface area contributed by atoms with E-state index in [4.69, 9.17) is 5.11 Å². The van der Waals surface area contributed by atoms with Crippen molar-refractivity contribution in [2.45, 2.75) is 26.0 Å². The smallest absolute Gasteiger partial charge is 0.322 e. The molecule has 0 aliphatic rings. The molecular formula is C8H14O5S. The minimum Gasteiger partial charge on any atom is -0.480 e. The maximum atomic E-state index is 11.4. The third-order valence-electron chi connectivity index (χ3n) is 1.64. The standard InChI is InChI=1S/C8H14O5S/c1-5(2)7(8(10)11)14(12,13)4-6(3)9/h5,7H,4H2,1-3H3,(H,10,11). The molecule has 82 valence electrons. The van der Waals surface area contributed by atoms with Gasteiger partial charge >= 0.3 is 5.97 Å². The summed E-state index contributed by atoms with van der Waals surface area (Å²) in [5.74, 6) is -3.20. The van der Waals surface area contributed by atoms with Crippen LogP contribution in [0.2, 0.25) is 0 Å². The van der Waals surface area contributed by atoms with Gasteiger partial charge in [-0.2, -0.15) is 0 Å². The van der Waals surface area contributed by atoms with Crippen LogP contribution in [0.5, 0.6) is 0 Å². The largest absolute Gasteiger partial charge is 0.480 e. The molecule has 0 aromatic rings. The number of Topliss-reactive ketones (excluding diaryl/α,β-unsaturated/α-hetero) is 1. The molecule has 0 saturated carbocycles. The predicted molar refractivity (Wildman–Crippen MR) is 50.7 cm³/mol. The third kappa shape index (κ3) is 3.45. The van der Waals surface area contributed by atoms with E-state index in [-0.39, 0.29) is 0 Å². The summed E-state index contributed by atoms with van der Waals surface area (Å²) in [5, 5.41) is 7.21. The Morgan fingerprint density at radius 1 is 1.29 bits per heavy atom. The molecule has 1 atom stereocenters. The maximum absolute atomic E-state index is 11.4. The second-order valence-electron chi connectivity index (χ2n) is 3.51. The van der Waals surface area contributed by atoms with Crippen LogP contribution in [0.15, 0.2) is 0 Å². The molecule has 1 unspecified atom stereocenters. The summed E-state index contributed by atoms with van der Waals surface area (Å²) in [5.41, 5.74) is 0. The summed E-state index contributed by atoms with van der Waals surface area (Å²) < 4.78 is 22.8. The van der Waals surface area contributed by atoms with Gasteiger partial charge in [0.05, 0.1) is 0 Å². The van der Waals surface area contributed by atoms with Gasteiger partial charge in [0.25, 0.3) is 0 Å². The van der Waals surface area contributed by atoms with Crippen LogP contribution in [-0.4, -0.2) is 36.3 Å². The highest BCUT2D eigenvalue weighted by molar-refractivity contribution is 7.93. The van der Waals surface area contributed by atoms with Gasteiger partial charge in [0.2, 0.25) is 0 Å². The second-order valence-corrected chi connectivity index (χ2v) is 5.63. The fraction of sp³-hybridized carbons (Fsp3) is 0.750. The van der Waals surface area contributed by atoms with Gasteiger partial charge in [0, 0.05) is 0 Å². The lowest BCUT2D eigenvalue weighted by molar-refractivity contribution is -0.137. The fourth-order valence-corrected chi connectivity index (χ4v) is 3.11. The van der Waals surface area contributed by atoms with Gasteiger partial charge in [-0.15, -0.1) is 0 Å². The van der Waals surface area contributed by atoms with Crippen LogP contribution in [0.4, 0.5) is 0 Å². The van der Waals surface area contributed by atoms with E-state index < -0.39 is 38.5 Å². The van der Waals surface area contributed by atoms with Gasteiger partial charge in [0.15, 0.2) is 15.1 Å². The summed E-state index contributed by atoms with van der Waals surface area (Å²) in [6.45, 7) is 4.11. The molecular weight excluding hydrogens is 208 g/mol. The molecule has 1 N–H and O–H groups in total. The lowest BCUT2D eigenvalue weighted by Gasteiger charge is -2.15. The molecule has 6 heteroatoms. The Hall–Kier alpha value is -0.910. The van der Waals surface area contributed by atoms with Crippen molar-refractivity contribution >= 4 is 21.6 Å². The molecule has 0 radical (unpaired) electrons. The van der Waals surface area contributed by atoms with Crippen LogP contribution in [0, 0.1) is 5.92 Å². The molecule has 0 heterocycles. The maximum Gasteiger partial charge on any atom is 0.322 e. The third-order valence-corrected chi connectivity index (χ3v) is 3.97. The Morgan fingerprint density at radius 3 is 1.93 bits per heavy atom. The van der Waals surface area contributed by atoms with Gasteiger partial charge < -0.3 is 5.11 Å². The molecule has 0 aromatic carbocycles. The highest BCUT2D eigenvalue weighted by atomic mass is 32.2. The number of rotatable bonds is 5. The first kappa shape index (κ1) is 13.1. The zero-order valence-electron chi connectivity index (χ0n) is 8.35. The zero-order valence-corrected chi connectivity index (χ0v) is 9.17. The molecule has 0 saturated heterocycles. The number of carboxylic acids is 1. The lowest BCUT2D eigenvalue weighted by Crippen LogP contribution is -2.37. The van der Waals surface area contributed by atoms with Crippen molar-refractivity contribution in [2.24, 2.45) is 5.92 Å². The van der Waals surface area contributed by atoms with E-state index in [1.807, 2.05) is 0 Å². The first-order valence-corrected chi connectivity index (χ1v) is 5.84. The molecule has 14 heavy (non-hydrogen) atoms. The molecule has 0 aromatic heterocycles. The van der Waals surface area contributed by atoms with Crippen molar-refractivity contribution < 1.29 is 23.1 Å². The number of hydrogen-bond acceptors (Lipinski definition) is 4. The van der Waals surface area contributed by atoms with Gasteiger partial charge in [-0.3, -0.25) is 9.59 Å². The molecule has 0 bridgehead atoms. The van der Waals surface area contributed by atoms with Crippen molar-refractivity contribution in [2.75, 3.05) is 5.75 Å². The number of carbonyl (C=O) groups excluding carboxylic acids is 1. The molecule has 0 amide bonds. The van der Waals surface area contributed by atoms with Crippen LogP contribution in [-0.2, 0) is 19.4 Å². The van der Waals surface area contributed by atoms with Gasteiger partial charge in [-0.1, -0.05) is 13.8 Å². The molecule has 0 fully saturated rings. The SMILES string of the molecule is CC(=O)CS(=O)(=O)C(C(=O)O)C(C)C. The van der Waals surface area contributed by atoms with Crippen molar-refractivity contribution in [3.8, 4) is 0 Å². The fourth-order valence-electron chi connectivity index (χ4n) is 1.23. The minimum atomic E-state index is -3.87. The first-order chi connectivity index (χ1) is 6.18. The van der Waals surface area contributed by atoms with E-state index in [1.54, 1.807) is 0 Å². The Morgan fingerprint density at radius 2 is 1.71 bits per heavy atom. The van der Waals surface area contributed by atoms with Crippen molar-refractivity contribution in [3.63, 3.8) is 0 Å². The van der Waals surface area contributed by atoms with E-state index in [0.717, 1.165) is 6.92 Å². The number of sulfone groups is 1. The summed E-state index contributed by atoms with van der Waals surface area (Å²) >= 11 is 0.